The van der Waals surface area contributed by atoms with Crippen LogP contribution in [0, 0.1) is 12.8 Å². The van der Waals surface area contributed by atoms with Gasteiger partial charge in [0.05, 0.1) is 24.4 Å². The number of nitrogens with one attached hydrogen (secondary N) is 2. The fourth-order valence-corrected chi connectivity index (χ4v) is 3.72. The number of aryl methyl sites for hydroxylation is 1. The first-order valence-corrected chi connectivity index (χ1v) is 11.8. The van der Waals surface area contributed by atoms with Gasteiger partial charge in [0.15, 0.2) is 18.1 Å². The minimum absolute atomic E-state index is 0.184. The Morgan fingerprint density at radius 3 is 2.53 bits per heavy atom. The molecular weight excluding hydrogens is 502 g/mol. The third kappa shape index (κ3) is 8.37. The molecule has 2 aromatic carbocycles. The topological polar surface area (TPSA) is 98.2 Å². The first-order valence-electron chi connectivity index (χ1n) is 11.1. The zero-order chi connectivity index (χ0) is 25.1. The molecule has 0 radical (unpaired) electrons. The maximum Gasteiger partial charge on any atom is 0.262 e. The molecule has 0 bridgehead atoms. The number of nitrogens with zero attached hydrogens (tertiary/aromatic N) is 1. The molecule has 184 valence electrons. The van der Waals surface area contributed by atoms with Crippen LogP contribution in [0.1, 0.15) is 38.3 Å². The van der Waals surface area contributed by atoms with E-state index in [0.29, 0.717) is 40.3 Å². The summed E-state index contributed by atoms with van der Waals surface area (Å²) in [7, 11) is 1.55. The maximum absolute atomic E-state index is 12.7. The molecule has 34 heavy (non-hydrogen) atoms. The highest BCUT2D eigenvalue weighted by molar-refractivity contribution is 9.10. The number of hydrazone groups is 1. The summed E-state index contributed by atoms with van der Waals surface area (Å²) in [5.74, 6) is 1.16. The Morgan fingerprint density at radius 2 is 1.88 bits per heavy atom. The highest BCUT2D eigenvalue weighted by Crippen LogP contribution is 2.36. The largest absolute Gasteiger partial charge is 0.493 e. The van der Waals surface area contributed by atoms with Gasteiger partial charge in [-0.25, -0.2) is 5.43 Å². The van der Waals surface area contributed by atoms with Crippen molar-refractivity contribution in [2.45, 2.75) is 40.2 Å². The second-order valence-electron chi connectivity index (χ2n) is 8.01. The van der Waals surface area contributed by atoms with Crippen LogP contribution in [0.5, 0.6) is 17.2 Å². The molecule has 2 amide bonds. The van der Waals surface area contributed by atoms with E-state index in [1.165, 1.54) is 6.21 Å². The predicted octanol–water partition coefficient (Wildman–Crippen LogP) is 4.22. The summed E-state index contributed by atoms with van der Waals surface area (Å²) < 4.78 is 17.2. The van der Waals surface area contributed by atoms with Crippen LogP contribution in [0.2, 0.25) is 0 Å². The van der Waals surface area contributed by atoms with Crippen molar-refractivity contribution >= 4 is 34.0 Å². The van der Waals surface area contributed by atoms with Crippen LogP contribution in [-0.4, -0.2) is 44.4 Å². The smallest absolute Gasteiger partial charge is 0.262 e. The second kappa shape index (κ2) is 13.6. The lowest BCUT2D eigenvalue weighted by Crippen LogP contribution is -2.47. The fourth-order valence-electron chi connectivity index (χ4n) is 3.15. The highest BCUT2D eigenvalue weighted by atomic mass is 79.9. The molecule has 0 aliphatic carbocycles. The van der Waals surface area contributed by atoms with E-state index in [2.05, 4.69) is 31.8 Å². The van der Waals surface area contributed by atoms with E-state index < -0.39 is 11.9 Å². The Balaban J connectivity index is 2.00. The van der Waals surface area contributed by atoms with Crippen molar-refractivity contribution in [3.63, 3.8) is 0 Å². The van der Waals surface area contributed by atoms with Gasteiger partial charge in [-0.3, -0.25) is 9.59 Å². The molecule has 0 aliphatic heterocycles. The van der Waals surface area contributed by atoms with Crippen molar-refractivity contribution in [2.24, 2.45) is 11.0 Å². The SMILES string of the molecule is CCOc1c(Br)cc(/C=N\NC(=O)[C@@H](CC(C)C)NC(=O)COc2ccccc2C)cc1OC. The number of rotatable bonds is 12. The molecule has 0 fully saturated rings. The number of methoxy groups -OCH3 is 1. The van der Waals surface area contributed by atoms with Crippen LogP contribution in [0.25, 0.3) is 0 Å². The molecule has 2 aromatic rings. The Hall–Kier alpha value is -3.07. The number of amides is 2. The normalized spacial score (nSPS) is 11.9. The fraction of sp³-hybridized carbons (Fsp3) is 0.400. The number of halogens is 1. The van der Waals surface area contributed by atoms with Gasteiger partial charge >= 0.3 is 0 Å². The minimum Gasteiger partial charge on any atom is -0.493 e. The van der Waals surface area contributed by atoms with Crippen LogP contribution in [0.3, 0.4) is 0 Å². The number of para-hydroxylation sites is 1. The summed E-state index contributed by atoms with van der Waals surface area (Å²) in [5.41, 5.74) is 4.14. The third-order valence-corrected chi connectivity index (χ3v) is 5.33. The first kappa shape index (κ1) is 27.2. The average Bonchev–Trinajstić information content (AvgIpc) is 2.79. The third-order valence-electron chi connectivity index (χ3n) is 4.74. The summed E-state index contributed by atoms with van der Waals surface area (Å²) in [6, 6.07) is 10.2. The lowest BCUT2D eigenvalue weighted by molar-refractivity contribution is -0.130. The number of benzene rings is 2. The van der Waals surface area contributed by atoms with Crippen molar-refractivity contribution < 1.29 is 23.8 Å². The molecule has 9 heteroatoms. The summed E-state index contributed by atoms with van der Waals surface area (Å²) in [6.45, 7) is 8.05. The number of carbonyl (C=O) groups is 2. The van der Waals surface area contributed by atoms with Gasteiger partial charge in [0.1, 0.15) is 11.8 Å². The van der Waals surface area contributed by atoms with Gasteiger partial charge in [-0.05, 0) is 71.4 Å². The lowest BCUT2D eigenvalue weighted by atomic mass is 10.0. The number of hydrogen-bond acceptors (Lipinski definition) is 6. The van der Waals surface area contributed by atoms with Crippen molar-refractivity contribution in [3.05, 3.63) is 52.0 Å². The Labute approximate surface area is 209 Å². The monoisotopic (exact) mass is 533 g/mol. The molecule has 0 unspecified atom stereocenters. The van der Waals surface area contributed by atoms with Crippen molar-refractivity contribution in [2.75, 3.05) is 20.3 Å². The molecule has 8 nitrogen and oxygen atoms in total. The molecule has 0 heterocycles. The van der Waals surface area contributed by atoms with Gasteiger partial charge in [0.25, 0.3) is 11.8 Å². The van der Waals surface area contributed by atoms with E-state index in [9.17, 15) is 9.59 Å². The molecule has 2 rings (SSSR count). The Morgan fingerprint density at radius 1 is 1.15 bits per heavy atom. The van der Waals surface area contributed by atoms with Crippen LogP contribution in [0.15, 0.2) is 46.0 Å². The van der Waals surface area contributed by atoms with Gasteiger partial charge in [-0.15, -0.1) is 0 Å². The van der Waals surface area contributed by atoms with Gasteiger partial charge in [-0.1, -0.05) is 32.0 Å². The van der Waals surface area contributed by atoms with Crippen LogP contribution >= 0.6 is 15.9 Å². The summed E-state index contributed by atoms with van der Waals surface area (Å²) >= 11 is 3.46. The van der Waals surface area contributed by atoms with Gasteiger partial charge in [0, 0.05) is 0 Å². The van der Waals surface area contributed by atoms with E-state index in [1.807, 2.05) is 45.9 Å². The van der Waals surface area contributed by atoms with Crippen LogP contribution < -0.4 is 25.0 Å². The zero-order valence-electron chi connectivity index (χ0n) is 20.2. The predicted molar refractivity (Wildman–Crippen MR) is 136 cm³/mol. The van der Waals surface area contributed by atoms with Crippen molar-refractivity contribution in [1.82, 2.24) is 10.7 Å². The van der Waals surface area contributed by atoms with E-state index in [1.54, 1.807) is 25.3 Å². The van der Waals surface area contributed by atoms with Crippen molar-refractivity contribution in [1.29, 1.82) is 0 Å². The van der Waals surface area contributed by atoms with E-state index in [0.717, 1.165) is 5.56 Å². The number of carbonyl (C=O) groups excluding carboxylic acids is 2. The maximum atomic E-state index is 12.7. The van der Waals surface area contributed by atoms with Gasteiger partial charge < -0.3 is 19.5 Å². The number of ether oxygens (including phenoxy) is 3. The van der Waals surface area contributed by atoms with Crippen LogP contribution in [-0.2, 0) is 9.59 Å². The molecule has 1 atom stereocenters. The highest BCUT2D eigenvalue weighted by Gasteiger charge is 2.22. The van der Waals surface area contributed by atoms with Crippen LogP contribution in [0.4, 0.5) is 0 Å². The average molecular weight is 534 g/mol. The first-order chi connectivity index (χ1) is 16.2. The molecule has 2 N–H and O–H groups in total. The van der Waals surface area contributed by atoms with E-state index >= 15 is 0 Å². The van der Waals surface area contributed by atoms with Gasteiger partial charge in [-0.2, -0.15) is 5.10 Å². The molecule has 0 spiro atoms. The molecular formula is C25H32BrN3O5. The molecule has 0 aliphatic rings. The second-order valence-corrected chi connectivity index (χ2v) is 8.86. The summed E-state index contributed by atoms with van der Waals surface area (Å²) in [5, 5.41) is 6.79. The minimum atomic E-state index is -0.744. The quantitative estimate of drug-likeness (QED) is 0.314. The summed E-state index contributed by atoms with van der Waals surface area (Å²) in [4.78, 5) is 25.2. The van der Waals surface area contributed by atoms with E-state index in [4.69, 9.17) is 14.2 Å². The number of hydrogen-bond donors (Lipinski definition) is 2. The zero-order valence-corrected chi connectivity index (χ0v) is 21.8. The lowest BCUT2D eigenvalue weighted by Gasteiger charge is -2.19. The van der Waals surface area contributed by atoms with Gasteiger partial charge in [0.2, 0.25) is 0 Å². The molecule has 0 aromatic heterocycles. The molecule has 0 saturated carbocycles. The van der Waals surface area contributed by atoms with E-state index in [-0.39, 0.29) is 18.4 Å². The Kier molecular flexibility index (Phi) is 10.9. The van der Waals surface area contributed by atoms with Crippen molar-refractivity contribution in [3.8, 4) is 17.2 Å². The Bertz CT molecular complexity index is 1010. The summed E-state index contributed by atoms with van der Waals surface area (Å²) in [6.07, 6.45) is 1.95. The standard InChI is InChI=1S/C25H32BrN3O5/c1-6-33-24-19(26)12-18(13-22(24)32-5)14-27-29-25(31)20(11-16(2)3)28-23(30)15-34-21-10-8-7-9-17(21)4/h7-10,12-14,16,20H,6,11,15H2,1-5H3,(H,28,30)(H,29,31)/b27-14-/t20-/m1/s1. The molecule has 0 saturated heterocycles.